The Morgan fingerprint density at radius 1 is 1.44 bits per heavy atom. The van der Waals surface area contributed by atoms with E-state index in [9.17, 15) is 23.3 Å². The second-order valence-electron chi connectivity index (χ2n) is 5.08. The van der Waals surface area contributed by atoms with Crippen LogP contribution in [0.25, 0.3) is 0 Å². The van der Waals surface area contributed by atoms with Gasteiger partial charge in [-0.2, -0.15) is 0 Å². The first-order chi connectivity index (χ1) is 11.7. The van der Waals surface area contributed by atoms with Crippen molar-refractivity contribution >= 4 is 21.7 Å². The molecule has 0 saturated heterocycles. The summed E-state index contributed by atoms with van der Waals surface area (Å²) in [6.45, 7) is 1.23. The molecule has 1 aromatic carbocycles. The topological polar surface area (TPSA) is 133 Å². The molecule has 0 atom stereocenters. The van der Waals surface area contributed by atoms with Gasteiger partial charge in [-0.15, -0.1) is 0 Å². The maximum absolute atomic E-state index is 12.3. The van der Waals surface area contributed by atoms with Crippen molar-refractivity contribution in [2.24, 2.45) is 0 Å². The first-order valence-electron chi connectivity index (χ1n) is 7.06. The molecule has 0 radical (unpaired) electrons. The van der Waals surface area contributed by atoms with E-state index in [0.29, 0.717) is 11.4 Å². The molecular formula is C14H16N4O6S. The Morgan fingerprint density at radius 3 is 2.80 bits per heavy atom. The number of aromatic nitrogens is 2. The highest BCUT2D eigenvalue weighted by Gasteiger charge is 2.20. The van der Waals surface area contributed by atoms with Gasteiger partial charge in [0.25, 0.3) is 5.69 Å². The van der Waals surface area contributed by atoms with Gasteiger partial charge in [0.2, 0.25) is 10.0 Å². The van der Waals surface area contributed by atoms with Crippen molar-refractivity contribution in [3.8, 4) is 0 Å². The molecule has 0 aliphatic heterocycles. The van der Waals surface area contributed by atoms with Crippen LogP contribution in [0, 0.1) is 17.0 Å². The maximum atomic E-state index is 12.3. The van der Waals surface area contributed by atoms with Crippen LogP contribution in [0.5, 0.6) is 0 Å². The lowest BCUT2D eigenvalue weighted by Crippen LogP contribution is -2.26. The smallest absolute Gasteiger partial charge is 0.325 e. The summed E-state index contributed by atoms with van der Waals surface area (Å²) in [4.78, 5) is 25.4. The number of carbonyl (C=O) groups excluding carboxylic acids is 1. The molecule has 0 aliphatic carbocycles. The van der Waals surface area contributed by atoms with Gasteiger partial charge in [0, 0.05) is 24.0 Å². The van der Waals surface area contributed by atoms with E-state index in [1.165, 1.54) is 43.1 Å². The molecule has 1 heterocycles. The van der Waals surface area contributed by atoms with Crippen molar-refractivity contribution in [2.75, 3.05) is 7.11 Å². The van der Waals surface area contributed by atoms with Gasteiger partial charge >= 0.3 is 5.97 Å². The largest absolute Gasteiger partial charge is 0.468 e. The Hall–Kier alpha value is -2.79. The minimum Gasteiger partial charge on any atom is -0.468 e. The Bertz CT molecular complexity index is 906. The molecule has 0 unspecified atom stereocenters. The normalized spacial score (nSPS) is 11.3. The minimum atomic E-state index is -3.98. The summed E-state index contributed by atoms with van der Waals surface area (Å²) in [5.41, 5.74) is 0.0765. The number of methoxy groups -OCH3 is 1. The zero-order valence-corrected chi connectivity index (χ0v) is 14.3. The second-order valence-corrected chi connectivity index (χ2v) is 6.84. The fourth-order valence-electron chi connectivity index (χ4n) is 2.05. The van der Waals surface area contributed by atoms with Gasteiger partial charge in [-0.25, -0.2) is 18.1 Å². The number of nitrogens with zero attached hydrogens (tertiary/aromatic N) is 3. The number of benzene rings is 1. The van der Waals surface area contributed by atoms with Crippen LogP contribution in [0.4, 0.5) is 5.69 Å². The summed E-state index contributed by atoms with van der Waals surface area (Å²) in [6, 6.07) is 3.65. The Balaban J connectivity index is 2.18. The summed E-state index contributed by atoms with van der Waals surface area (Å²) in [5, 5.41) is 11.0. The summed E-state index contributed by atoms with van der Waals surface area (Å²) in [7, 11) is -2.74. The number of esters is 1. The van der Waals surface area contributed by atoms with Crippen LogP contribution in [-0.2, 0) is 32.6 Å². The van der Waals surface area contributed by atoms with E-state index in [4.69, 9.17) is 0 Å². The van der Waals surface area contributed by atoms with Gasteiger partial charge in [0.15, 0.2) is 0 Å². The molecule has 134 valence electrons. The van der Waals surface area contributed by atoms with Crippen molar-refractivity contribution in [3.05, 3.63) is 52.1 Å². The molecule has 2 rings (SSSR count). The van der Waals surface area contributed by atoms with Crippen LogP contribution in [0.3, 0.4) is 0 Å². The molecule has 1 aromatic heterocycles. The van der Waals surface area contributed by atoms with Crippen molar-refractivity contribution in [1.29, 1.82) is 0 Å². The lowest BCUT2D eigenvalue weighted by Gasteiger charge is -2.09. The summed E-state index contributed by atoms with van der Waals surface area (Å²) in [5.74, 6) is -0.202. The van der Waals surface area contributed by atoms with Gasteiger partial charge in [-0.1, -0.05) is 6.07 Å². The number of hydrogen-bond acceptors (Lipinski definition) is 7. The first-order valence-corrected chi connectivity index (χ1v) is 8.54. The quantitative estimate of drug-likeness (QED) is 0.433. The number of imidazole rings is 1. The molecule has 0 saturated carbocycles. The van der Waals surface area contributed by atoms with E-state index in [1.807, 2.05) is 0 Å². The average Bonchev–Trinajstić information content (AvgIpc) is 3.00. The highest BCUT2D eigenvalue weighted by Crippen LogP contribution is 2.22. The molecule has 1 N–H and O–H groups in total. The molecule has 0 amide bonds. The lowest BCUT2D eigenvalue weighted by molar-refractivity contribution is -0.385. The standard InChI is InChI=1S/C14H16N4O6S/c1-10-3-4-11(7-12(10)18(20)21)25(22,23)16-8-13-15-5-6-17(13)9-14(19)24-2/h3-7,16H,8-9H2,1-2H3. The molecule has 0 bridgehead atoms. The van der Waals surface area contributed by atoms with Gasteiger partial charge in [0.05, 0.1) is 23.5 Å². The highest BCUT2D eigenvalue weighted by atomic mass is 32.2. The Labute approximate surface area is 143 Å². The molecule has 10 nitrogen and oxygen atoms in total. The van der Waals surface area contributed by atoms with Crippen molar-refractivity contribution in [3.63, 3.8) is 0 Å². The minimum absolute atomic E-state index is 0.108. The third kappa shape index (κ3) is 4.39. The number of hydrogen-bond donors (Lipinski definition) is 1. The number of nitro benzene ring substituents is 1. The monoisotopic (exact) mass is 368 g/mol. The Kier molecular flexibility index (Phi) is 5.49. The van der Waals surface area contributed by atoms with Crippen LogP contribution in [0.1, 0.15) is 11.4 Å². The van der Waals surface area contributed by atoms with Crippen LogP contribution < -0.4 is 4.72 Å². The number of carbonyl (C=O) groups is 1. The predicted octanol–water partition coefficient (Wildman–Crippen LogP) is 0.751. The van der Waals surface area contributed by atoms with E-state index >= 15 is 0 Å². The number of ether oxygens (including phenoxy) is 1. The van der Waals surface area contributed by atoms with E-state index in [2.05, 4.69) is 14.4 Å². The summed E-state index contributed by atoms with van der Waals surface area (Å²) >= 11 is 0. The van der Waals surface area contributed by atoms with Gasteiger partial charge in [-0.3, -0.25) is 14.9 Å². The number of sulfonamides is 1. The second kappa shape index (κ2) is 7.40. The zero-order valence-electron chi connectivity index (χ0n) is 13.5. The van der Waals surface area contributed by atoms with E-state index < -0.39 is 20.9 Å². The van der Waals surface area contributed by atoms with Crippen LogP contribution >= 0.6 is 0 Å². The van der Waals surface area contributed by atoms with Gasteiger partial charge in [0.1, 0.15) is 12.4 Å². The predicted molar refractivity (Wildman–Crippen MR) is 86.1 cm³/mol. The number of nitrogens with one attached hydrogen (secondary N) is 1. The van der Waals surface area contributed by atoms with E-state index in [0.717, 1.165) is 6.07 Å². The van der Waals surface area contributed by atoms with Crippen molar-refractivity contribution in [1.82, 2.24) is 14.3 Å². The van der Waals surface area contributed by atoms with Crippen LogP contribution in [0.15, 0.2) is 35.5 Å². The zero-order chi connectivity index (χ0) is 18.6. The first kappa shape index (κ1) is 18.5. The van der Waals surface area contributed by atoms with Gasteiger partial charge in [-0.05, 0) is 13.0 Å². The number of nitro groups is 1. The van der Waals surface area contributed by atoms with E-state index in [1.54, 1.807) is 0 Å². The molecule has 0 fully saturated rings. The van der Waals surface area contributed by atoms with Crippen LogP contribution in [-0.4, -0.2) is 36.0 Å². The van der Waals surface area contributed by atoms with Gasteiger partial charge < -0.3 is 9.30 Å². The molecule has 11 heteroatoms. The SMILES string of the molecule is COC(=O)Cn1ccnc1CNS(=O)(=O)c1ccc(C)c([N+](=O)[O-])c1. The molecule has 0 spiro atoms. The average molecular weight is 368 g/mol. The third-order valence-corrected chi connectivity index (χ3v) is 4.84. The van der Waals surface area contributed by atoms with Crippen molar-refractivity contribution < 1.29 is 22.9 Å². The molecular weight excluding hydrogens is 352 g/mol. The number of rotatable bonds is 7. The third-order valence-electron chi connectivity index (χ3n) is 3.44. The molecule has 25 heavy (non-hydrogen) atoms. The van der Waals surface area contributed by atoms with Crippen molar-refractivity contribution in [2.45, 2.75) is 24.9 Å². The van der Waals surface area contributed by atoms with Crippen LogP contribution in [0.2, 0.25) is 0 Å². The Morgan fingerprint density at radius 2 is 2.16 bits per heavy atom. The van der Waals surface area contributed by atoms with E-state index in [-0.39, 0.29) is 23.7 Å². The fourth-order valence-corrected chi connectivity index (χ4v) is 3.05. The fraction of sp³-hybridized carbons (Fsp3) is 0.286. The maximum Gasteiger partial charge on any atom is 0.325 e. The summed E-state index contributed by atoms with van der Waals surface area (Å²) in [6.07, 6.45) is 2.93. The molecule has 0 aliphatic rings. The molecule has 2 aromatic rings. The summed E-state index contributed by atoms with van der Waals surface area (Å²) < 4.78 is 33.0. The highest BCUT2D eigenvalue weighted by molar-refractivity contribution is 7.89. The number of aryl methyl sites for hydroxylation is 1. The lowest BCUT2D eigenvalue weighted by atomic mass is 10.2.